The van der Waals surface area contributed by atoms with Gasteiger partial charge in [0.2, 0.25) is 0 Å². The first-order valence-electron chi connectivity index (χ1n) is 5.16. The number of hydrogen-bond acceptors (Lipinski definition) is 3. The van der Waals surface area contributed by atoms with Crippen molar-refractivity contribution in [3.8, 4) is 0 Å². The van der Waals surface area contributed by atoms with Crippen LogP contribution >= 0.6 is 0 Å². The second kappa shape index (κ2) is 6.42. The third-order valence-electron chi connectivity index (χ3n) is 2.19. The molecule has 0 spiro atoms. The molecule has 0 unspecified atom stereocenters. The van der Waals surface area contributed by atoms with E-state index in [1.165, 1.54) is 0 Å². The summed E-state index contributed by atoms with van der Waals surface area (Å²) in [6.45, 7) is 0. The number of carboxylic acid groups (broad SMARTS) is 1. The topological polar surface area (TPSA) is 83.5 Å². The summed E-state index contributed by atoms with van der Waals surface area (Å²) in [7, 11) is 0. The minimum Gasteiger partial charge on any atom is -0.481 e. The maximum Gasteiger partial charge on any atom is 0.303 e. The molecule has 0 heterocycles. The molecule has 0 saturated heterocycles. The number of benzene rings is 1. The number of carboxylic acids is 1. The van der Waals surface area contributed by atoms with Crippen molar-refractivity contribution in [2.45, 2.75) is 18.9 Å². The molecule has 0 bridgehead atoms. The van der Waals surface area contributed by atoms with Gasteiger partial charge in [-0.05, 0) is 18.6 Å². The molecule has 0 aliphatic heterocycles. The van der Waals surface area contributed by atoms with Gasteiger partial charge in [-0.25, -0.2) is 0 Å². The fourth-order valence-electron chi connectivity index (χ4n) is 1.29. The molecule has 0 aromatic heterocycles. The molecule has 0 saturated carbocycles. The van der Waals surface area contributed by atoms with E-state index in [0.29, 0.717) is 11.8 Å². The lowest BCUT2D eigenvalue weighted by Gasteiger charge is -2.11. The van der Waals surface area contributed by atoms with Crippen LogP contribution in [-0.2, 0) is 9.59 Å². The SMILES string of the molecule is O=C[C@@H](CCC(=O)O)NC(=O)c1ccccc1. The highest BCUT2D eigenvalue weighted by Crippen LogP contribution is 2.01. The van der Waals surface area contributed by atoms with E-state index in [-0.39, 0.29) is 18.7 Å². The fraction of sp³-hybridized carbons (Fsp3) is 0.250. The molecule has 0 radical (unpaired) electrons. The number of rotatable bonds is 6. The summed E-state index contributed by atoms with van der Waals surface area (Å²) in [6, 6.07) is 7.67. The Morgan fingerprint density at radius 3 is 2.47 bits per heavy atom. The summed E-state index contributed by atoms with van der Waals surface area (Å²) in [6.07, 6.45) is 0.486. The molecule has 0 aliphatic rings. The number of aliphatic carboxylic acids is 1. The van der Waals surface area contributed by atoms with Gasteiger partial charge < -0.3 is 15.2 Å². The molecular weight excluding hydrogens is 222 g/mol. The van der Waals surface area contributed by atoms with E-state index in [9.17, 15) is 14.4 Å². The molecule has 5 nitrogen and oxygen atoms in total. The smallest absolute Gasteiger partial charge is 0.303 e. The monoisotopic (exact) mass is 235 g/mol. The van der Waals surface area contributed by atoms with Crippen molar-refractivity contribution in [2.75, 3.05) is 0 Å². The Balaban J connectivity index is 2.54. The Morgan fingerprint density at radius 2 is 1.94 bits per heavy atom. The van der Waals surface area contributed by atoms with E-state index in [1.807, 2.05) is 0 Å². The standard InChI is InChI=1S/C12H13NO4/c14-8-10(6-7-11(15)16)13-12(17)9-4-2-1-3-5-9/h1-5,8,10H,6-7H2,(H,13,17)(H,15,16)/t10-/m1/s1. The second-order valence-corrected chi connectivity index (χ2v) is 3.51. The van der Waals surface area contributed by atoms with Gasteiger partial charge in [-0.2, -0.15) is 0 Å². The maximum atomic E-state index is 11.6. The average molecular weight is 235 g/mol. The molecule has 17 heavy (non-hydrogen) atoms. The van der Waals surface area contributed by atoms with Gasteiger partial charge >= 0.3 is 5.97 Å². The van der Waals surface area contributed by atoms with Crippen molar-refractivity contribution in [2.24, 2.45) is 0 Å². The average Bonchev–Trinajstić information content (AvgIpc) is 2.35. The minimum absolute atomic E-state index is 0.0946. The highest BCUT2D eigenvalue weighted by atomic mass is 16.4. The first-order chi connectivity index (χ1) is 8.13. The van der Waals surface area contributed by atoms with Crippen molar-refractivity contribution < 1.29 is 19.5 Å². The molecule has 5 heteroatoms. The highest BCUT2D eigenvalue weighted by molar-refractivity contribution is 5.95. The zero-order chi connectivity index (χ0) is 12.7. The van der Waals surface area contributed by atoms with Crippen LogP contribution in [0.15, 0.2) is 30.3 Å². The van der Waals surface area contributed by atoms with Gasteiger partial charge in [0.1, 0.15) is 6.29 Å². The van der Waals surface area contributed by atoms with E-state index in [2.05, 4.69) is 5.32 Å². The Labute approximate surface area is 98.4 Å². The van der Waals surface area contributed by atoms with Crippen molar-refractivity contribution in [1.29, 1.82) is 0 Å². The number of hydrogen-bond donors (Lipinski definition) is 2. The van der Waals surface area contributed by atoms with Crippen LogP contribution in [-0.4, -0.2) is 29.3 Å². The zero-order valence-electron chi connectivity index (χ0n) is 9.13. The van der Waals surface area contributed by atoms with E-state index < -0.39 is 12.0 Å². The number of carbonyl (C=O) groups is 3. The third kappa shape index (κ3) is 4.46. The van der Waals surface area contributed by atoms with Crippen molar-refractivity contribution in [3.63, 3.8) is 0 Å². The van der Waals surface area contributed by atoms with Crippen LogP contribution in [0.25, 0.3) is 0 Å². The van der Waals surface area contributed by atoms with Gasteiger partial charge in [0, 0.05) is 12.0 Å². The van der Waals surface area contributed by atoms with E-state index in [0.717, 1.165) is 0 Å². The Hall–Kier alpha value is -2.17. The van der Waals surface area contributed by atoms with Gasteiger partial charge in [-0.3, -0.25) is 9.59 Å². The molecule has 0 aliphatic carbocycles. The summed E-state index contributed by atoms with van der Waals surface area (Å²) in [5.41, 5.74) is 0.440. The van der Waals surface area contributed by atoms with E-state index >= 15 is 0 Å². The van der Waals surface area contributed by atoms with Gasteiger partial charge in [0.05, 0.1) is 6.04 Å². The summed E-state index contributed by atoms with van der Waals surface area (Å²) in [5.74, 6) is -1.38. The van der Waals surface area contributed by atoms with Crippen LogP contribution in [0.4, 0.5) is 0 Å². The van der Waals surface area contributed by atoms with Crippen molar-refractivity contribution in [1.82, 2.24) is 5.32 Å². The van der Waals surface area contributed by atoms with Crippen LogP contribution in [0.3, 0.4) is 0 Å². The molecule has 0 fully saturated rings. The molecule has 2 N–H and O–H groups in total. The second-order valence-electron chi connectivity index (χ2n) is 3.51. The summed E-state index contributed by atoms with van der Waals surface area (Å²) < 4.78 is 0. The predicted molar refractivity (Wildman–Crippen MR) is 60.6 cm³/mol. The molecule has 1 amide bonds. The first-order valence-corrected chi connectivity index (χ1v) is 5.16. The Bertz CT molecular complexity index is 402. The van der Waals surface area contributed by atoms with Crippen LogP contribution < -0.4 is 5.32 Å². The number of carbonyl (C=O) groups excluding carboxylic acids is 2. The summed E-state index contributed by atoms with van der Waals surface area (Å²) in [4.78, 5) is 32.7. The third-order valence-corrected chi connectivity index (χ3v) is 2.19. The van der Waals surface area contributed by atoms with Gasteiger partial charge in [-0.15, -0.1) is 0 Å². The first kappa shape index (κ1) is 12.9. The summed E-state index contributed by atoms with van der Waals surface area (Å²) in [5, 5.41) is 10.9. The lowest BCUT2D eigenvalue weighted by Crippen LogP contribution is -2.36. The fourth-order valence-corrected chi connectivity index (χ4v) is 1.29. The van der Waals surface area contributed by atoms with Crippen LogP contribution in [0.1, 0.15) is 23.2 Å². The summed E-state index contributed by atoms with van der Waals surface area (Å²) >= 11 is 0. The Morgan fingerprint density at radius 1 is 1.29 bits per heavy atom. The number of nitrogens with one attached hydrogen (secondary N) is 1. The maximum absolute atomic E-state index is 11.6. The largest absolute Gasteiger partial charge is 0.481 e. The van der Waals surface area contributed by atoms with E-state index in [1.54, 1.807) is 30.3 Å². The van der Waals surface area contributed by atoms with Gasteiger partial charge in [0.15, 0.2) is 0 Å². The van der Waals surface area contributed by atoms with Gasteiger partial charge in [-0.1, -0.05) is 18.2 Å². The molecule has 1 rings (SSSR count). The van der Waals surface area contributed by atoms with Crippen LogP contribution in [0.5, 0.6) is 0 Å². The highest BCUT2D eigenvalue weighted by Gasteiger charge is 2.13. The molecule has 90 valence electrons. The van der Waals surface area contributed by atoms with E-state index in [4.69, 9.17) is 5.11 Å². The predicted octanol–water partition coefficient (Wildman–Crippen LogP) is 0.849. The molecule has 1 aromatic carbocycles. The van der Waals surface area contributed by atoms with Crippen LogP contribution in [0, 0.1) is 0 Å². The lowest BCUT2D eigenvalue weighted by molar-refractivity contribution is -0.137. The normalized spacial score (nSPS) is 11.5. The quantitative estimate of drug-likeness (QED) is 0.716. The molecule has 1 aromatic rings. The lowest BCUT2D eigenvalue weighted by atomic mass is 10.1. The van der Waals surface area contributed by atoms with Crippen LogP contribution in [0.2, 0.25) is 0 Å². The number of amides is 1. The molecular formula is C12H13NO4. The zero-order valence-corrected chi connectivity index (χ0v) is 9.13. The number of aldehydes is 1. The van der Waals surface area contributed by atoms with Gasteiger partial charge in [0.25, 0.3) is 5.91 Å². The minimum atomic E-state index is -0.995. The molecule has 1 atom stereocenters. The van der Waals surface area contributed by atoms with Crippen molar-refractivity contribution >= 4 is 18.2 Å². The van der Waals surface area contributed by atoms with Crippen molar-refractivity contribution in [3.05, 3.63) is 35.9 Å². The Kier molecular flexibility index (Phi) is 4.87.